The number of hydrogen-bond donors (Lipinski definition) is 1. The van der Waals surface area contributed by atoms with Crippen molar-refractivity contribution in [2.24, 2.45) is 0 Å². The highest BCUT2D eigenvalue weighted by molar-refractivity contribution is 6.17. The lowest BCUT2D eigenvalue weighted by molar-refractivity contribution is 0.376. The Morgan fingerprint density at radius 1 is 1.19 bits per heavy atom. The predicted octanol–water partition coefficient (Wildman–Crippen LogP) is 3.62. The van der Waals surface area contributed by atoms with E-state index in [1.54, 1.807) is 0 Å². The van der Waals surface area contributed by atoms with E-state index in [2.05, 4.69) is 49.5 Å². The van der Waals surface area contributed by atoms with Crippen molar-refractivity contribution < 1.29 is 0 Å². The van der Waals surface area contributed by atoms with Crippen LogP contribution in [0.5, 0.6) is 0 Å². The van der Waals surface area contributed by atoms with Crippen molar-refractivity contribution in [3.05, 3.63) is 35.9 Å². The molecule has 0 bridgehead atoms. The first-order valence-corrected chi connectivity index (χ1v) is 6.52. The van der Waals surface area contributed by atoms with E-state index in [0.29, 0.717) is 0 Å². The largest absolute Gasteiger partial charge is 0.312 e. The molecule has 0 atom stereocenters. The number of benzene rings is 1. The SMILES string of the molecule is CC(C)(CCCl)NCCCc1ccccc1. The first-order valence-electron chi connectivity index (χ1n) is 5.99. The van der Waals surface area contributed by atoms with Crippen molar-refractivity contribution in [3.8, 4) is 0 Å². The molecule has 0 saturated carbocycles. The second-order valence-corrected chi connectivity index (χ2v) is 5.22. The maximum Gasteiger partial charge on any atom is 0.0240 e. The van der Waals surface area contributed by atoms with Crippen molar-refractivity contribution in [1.82, 2.24) is 5.32 Å². The lowest BCUT2D eigenvalue weighted by Gasteiger charge is -2.25. The van der Waals surface area contributed by atoms with Crippen molar-refractivity contribution in [3.63, 3.8) is 0 Å². The Morgan fingerprint density at radius 2 is 1.88 bits per heavy atom. The van der Waals surface area contributed by atoms with Crippen LogP contribution >= 0.6 is 11.6 Å². The van der Waals surface area contributed by atoms with Gasteiger partial charge in [0.25, 0.3) is 0 Å². The third kappa shape index (κ3) is 5.53. The van der Waals surface area contributed by atoms with Crippen LogP contribution in [0.1, 0.15) is 32.3 Å². The van der Waals surface area contributed by atoms with E-state index < -0.39 is 0 Å². The van der Waals surface area contributed by atoms with Crippen LogP contribution in [-0.4, -0.2) is 18.0 Å². The van der Waals surface area contributed by atoms with Crippen molar-refractivity contribution in [2.75, 3.05) is 12.4 Å². The molecule has 0 saturated heterocycles. The maximum absolute atomic E-state index is 5.75. The average molecular weight is 240 g/mol. The molecule has 0 radical (unpaired) electrons. The summed E-state index contributed by atoms with van der Waals surface area (Å²) in [6, 6.07) is 10.6. The first kappa shape index (κ1) is 13.5. The Kier molecular flexibility index (Phi) is 5.86. The summed E-state index contributed by atoms with van der Waals surface area (Å²) in [5.41, 5.74) is 1.58. The lowest BCUT2D eigenvalue weighted by atomic mass is 10.0. The first-order chi connectivity index (χ1) is 7.64. The smallest absolute Gasteiger partial charge is 0.0240 e. The van der Waals surface area contributed by atoms with Crippen LogP contribution < -0.4 is 5.32 Å². The lowest BCUT2D eigenvalue weighted by Crippen LogP contribution is -2.40. The highest BCUT2D eigenvalue weighted by Crippen LogP contribution is 2.09. The number of alkyl halides is 1. The normalized spacial score (nSPS) is 11.7. The predicted molar refractivity (Wildman–Crippen MR) is 72.2 cm³/mol. The second-order valence-electron chi connectivity index (χ2n) is 4.84. The van der Waals surface area contributed by atoms with Gasteiger partial charge in [-0.25, -0.2) is 0 Å². The van der Waals surface area contributed by atoms with Gasteiger partial charge >= 0.3 is 0 Å². The Labute approximate surface area is 104 Å². The van der Waals surface area contributed by atoms with E-state index in [9.17, 15) is 0 Å². The van der Waals surface area contributed by atoms with Crippen LogP contribution in [0.2, 0.25) is 0 Å². The molecule has 0 unspecified atom stereocenters. The van der Waals surface area contributed by atoms with Crippen LogP contribution in [-0.2, 0) is 6.42 Å². The molecule has 1 N–H and O–H groups in total. The van der Waals surface area contributed by atoms with Crippen LogP contribution in [0.4, 0.5) is 0 Å². The zero-order chi connectivity index (χ0) is 11.9. The van der Waals surface area contributed by atoms with Gasteiger partial charge in [-0.1, -0.05) is 30.3 Å². The number of hydrogen-bond acceptors (Lipinski definition) is 1. The zero-order valence-electron chi connectivity index (χ0n) is 10.3. The molecule has 0 aliphatic carbocycles. The minimum atomic E-state index is 0.165. The Hall–Kier alpha value is -0.530. The summed E-state index contributed by atoms with van der Waals surface area (Å²) >= 11 is 5.75. The van der Waals surface area contributed by atoms with E-state index in [1.165, 1.54) is 12.0 Å². The molecule has 1 rings (SSSR count). The highest BCUT2D eigenvalue weighted by Gasteiger charge is 2.14. The van der Waals surface area contributed by atoms with Crippen LogP contribution in [0.25, 0.3) is 0 Å². The summed E-state index contributed by atoms with van der Waals surface area (Å²) in [6.45, 7) is 5.47. The summed E-state index contributed by atoms with van der Waals surface area (Å²) < 4.78 is 0. The fourth-order valence-electron chi connectivity index (χ4n) is 1.69. The molecule has 0 aliphatic heterocycles. The van der Waals surface area contributed by atoms with Gasteiger partial charge in [0.05, 0.1) is 0 Å². The van der Waals surface area contributed by atoms with Gasteiger partial charge in [-0.05, 0) is 45.2 Å². The second kappa shape index (κ2) is 6.93. The monoisotopic (exact) mass is 239 g/mol. The third-order valence-electron chi connectivity index (χ3n) is 2.81. The number of rotatable bonds is 7. The minimum Gasteiger partial charge on any atom is -0.312 e. The molecule has 0 spiro atoms. The average Bonchev–Trinajstić information content (AvgIpc) is 2.26. The summed E-state index contributed by atoms with van der Waals surface area (Å²) in [5, 5.41) is 3.55. The van der Waals surface area contributed by atoms with Gasteiger partial charge < -0.3 is 5.32 Å². The van der Waals surface area contributed by atoms with E-state index in [4.69, 9.17) is 11.6 Å². The summed E-state index contributed by atoms with van der Waals surface area (Å²) in [5.74, 6) is 0.721. The van der Waals surface area contributed by atoms with Crippen molar-refractivity contribution in [1.29, 1.82) is 0 Å². The van der Waals surface area contributed by atoms with E-state index in [-0.39, 0.29) is 5.54 Å². The third-order valence-corrected chi connectivity index (χ3v) is 3.00. The number of nitrogens with one attached hydrogen (secondary N) is 1. The number of aryl methyl sites for hydroxylation is 1. The molecule has 1 aromatic carbocycles. The number of halogens is 1. The minimum absolute atomic E-state index is 0.165. The van der Waals surface area contributed by atoms with E-state index >= 15 is 0 Å². The van der Waals surface area contributed by atoms with Crippen molar-refractivity contribution in [2.45, 2.75) is 38.6 Å². The molecule has 0 amide bonds. The molecule has 2 heteroatoms. The summed E-state index contributed by atoms with van der Waals surface area (Å²) in [4.78, 5) is 0. The fraction of sp³-hybridized carbons (Fsp3) is 0.571. The Balaban J connectivity index is 2.17. The molecule has 0 aliphatic rings. The van der Waals surface area contributed by atoms with Crippen LogP contribution in [0.3, 0.4) is 0 Å². The van der Waals surface area contributed by atoms with E-state index in [0.717, 1.165) is 25.3 Å². The standard InChI is InChI=1S/C14H22ClN/c1-14(2,10-11-15)16-12-6-9-13-7-4-3-5-8-13/h3-5,7-8,16H,6,9-12H2,1-2H3. The van der Waals surface area contributed by atoms with E-state index in [1.807, 2.05) is 0 Å². The van der Waals surface area contributed by atoms with Gasteiger partial charge in [0.1, 0.15) is 0 Å². The quantitative estimate of drug-likeness (QED) is 0.566. The Bertz CT molecular complexity index is 282. The van der Waals surface area contributed by atoms with Crippen LogP contribution in [0.15, 0.2) is 30.3 Å². The van der Waals surface area contributed by atoms with Crippen molar-refractivity contribution >= 4 is 11.6 Å². The molecule has 1 nitrogen and oxygen atoms in total. The highest BCUT2D eigenvalue weighted by atomic mass is 35.5. The maximum atomic E-state index is 5.75. The molecule has 0 aromatic heterocycles. The van der Waals surface area contributed by atoms with Gasteiger partial charge in [-0.15, -0.1) is 11.6 Å². The van der Waals surface area contributed by atoms with Crippen LogP contribution in [0, 0.1) is 0 Å². The molecule has 0 fully saturated rings. The summed E-state index contributed by atoms with van der Waals surface area (Å²) in [7, 11) is 0. The summed E-state index contributed by atoms with van der Waals surface area (Å²) in [6.07, 6.45) is 3.33. The molecule has 16 heavy (non-hydrogen) atoms. The molecular weight excluding hydrogens is 218 g/mol. The van der Waals surface area contributed by atoms with Gasteiger partial charge in [-0.2, -0.15) is 0 Å². The topological polar surface area (TPSA) is 12.0 Å². The fourth-order valence-corrected chi connectivity index (χ4v) is 2.16. The van der Waals surface area contributed by atoms with Gasteiger partial charge in [0.15, 0.2) is 0 Å². The molecule has 0 heterocycles. The molecule has 90 valence electrons. The zero-order valence-corrected chi connectivity index (χ0v) is 11.1. The molecular formula is C14H22ClN. The van der Waals surface area contributed by atoms with Gasteiger partial charge in [-0.3, -0.25) is 0 Å². The van der Waals surface area contributed by atoms with Gasteiger partial charge in [0.2, 0.25) is 0 Å². The molecule has 1 aromatic rings. The van der Waals surface area contributed by atoms with Gasteiger partial charge in [0, 0.05) is 11.4 Å². The Morgan fingerprint density at radius 3 is 2.50 bits per heavy atom.